The predicted octanol–water partition coefficient (Wildman–Crippen LogP) is 3.25. The quantitative estimate of drug-likeness (QED) is 0.921. The van der Waals surface area contributed by atoms with Gasteiger partial charge in [-0.15, -0.1) is 0 Å². The molecule has 1 heterocycles. The molecule has 0 bridgehead atoms. The third-order valence-corrected chi connectivity index (χ3v) is 3.04. The fourth-order valence-electron chi connectivity index (χ4n) is 1.79. The number of anilines is 1. The Bertz CT molecular complexity index is 689. The van der Waals surface area contributed by atoms with Gasteiger partial charge in [0, 0.05) is 36.4 Å². The van der Waals surface area contributed by atoms with Gasteiger partial charge >= 0.3 is 6.61 Å². The maximum Gasteiger partial charge on any atom is 0.387 e. The van der Waals surface area contributed by atoms with E-state index in [0.29, 0.717) is 16.3 Å². The molecular formula is C14H13ClF2N2O2. The lowest BCUT2D eigenvalue weighted by molar-refractivity contribution is -0.0504. The van der Waals surface area contributed by atoms with Crippen LogP contribution in [0.5, 0.6) is 5.75 Å². The van der Waals surface area contributed by atoms with Gasteiger partial charge in [-0.3, -0.25) is 4.79 Å². The van der Waals surface area contributed by atoms with Crippen molar-refractivity contribution in [1.82, 2.24) is 4.57 Å². The van der Waals surface area contributed by atoms with Gasteiger partial charge in [0.15, 0.2) is 0 Å². The van der Waals surface area contributed by atoms with Crippen LogP contribution >= 0.6 is 11.6 Å². The zero-order valence-corrected chi connectivity index (χ0v) is 11.9. The summed E-state index contributed by atoms with van der Waals surface area (Å²) >= 11 is 5.86. The number of nitrogens with one attached hydrogen (secondary N) is 1. The molecule has 4 nitrogen and oxygen atoms in total. The van der Waals surface area contributed by atoms with Crippen molar-refractivity contribution >= 4 is 17.3 Å². The van der Waals surface area contributed by atoms with Crippen LogP contribution in [0.15, 0.2) is 41.3 Å². The Morgan fingerprint density at radius 1 is 1.33 bits per heavy atom. The van der Waals surface area contributed by atoms with Gasteiger partial charge < -0.3 is 14.6 Å². The van der Waals surface area contributed by atoms with E-state index < -0.39 is 6.61 Å². The minimum Gasteiger partial charge on any atom is -0.434 e. The Morgan fingerprint density at radius 2 is 2.10 bits per heavy atom. The van der Waals surface area contributed by atoms with Gasteiger partial charge in [0.05, 0.1) is 5.69 Å². The van der Waals surface area contributed by atoms with Crippen molar-refractivity contribution < 1.29 is 13.5 Å². The minimum atomic E-state index is -2.90. The van der Waals surface area contributed by atoms with Crippen LogP contribution in [0, 0.1) is 0 Å². The number of aryl methyl sites for hydroxylation is 1. The van der Waals surface area contributed by atoms with Gasteiger partial charge in [-0.05, 0) is 24.3 Å². The molecule has 2 aromatic rings. The van der Waals surface area contributed by atoms with Crippen molar-refractivity contribution in [2.24, 2.45) is 7.05 Å². The fourth-order valence-corrected chi connectivity index (χ4v) is 1.99. The van der Waals surface area contributed by atoms with Crippen LogP contribution in [0.4, 0.5) is 14.5 Å². The topological polar surface area (TPSA) is 43.3 Å². The summed E-state index contributed by atoms with van der Waals surface area (Å²) in [6, 6.07) is 7.45. The highest BCUT2D eigenvalue weighted by Gasteiger charge is 2.10. The van der Waals surface area contributed by atoms with Crippen molar-refractivity contribution in [3.63, 3.8) is 0 Å². The molecule has 0 aliphatic rings. The van der Waals surface area contributed by atoms with Gasteiger partial charge in [0.1, 0.15) is 5.75 Å². The number of hydrogen-bond donors (Lipinski definition) is 1. The SMILES string of the molecule is Cn1cc(NCc2cc(Cl)ccc2OC(F)F)ccc1=O. The summed E-state index contributed by atoms with van der Waals surface area (Å²) in [6.45, 7) is -2.66. The van der Waals surface area contributed by atoms with Gasteiger partial charge in [-0.25, -0.2) is 0 Å². The summed E-state index contributed by atoms with van der Waals surface area (Å²) in [7, 11) is 1.62. The second-order valence-corrected chi connectivity index (χ2v) is 4.79. The molecular weight excluding hydrogens is 302 g/mol. The minimum absolute atomic E-state index is 0.0618. The van der Waals surface area contributed by atoms with Crippen molar-refractivity contribution in [3.05, 3.63) is 57.5 Å². The number of benzene rings is 1. The van der Waals surface area contributed by atoms with Gasteiger partial charge in [-0.2, -0.15) is 8.78 Å². The Hall–Kier alpha value is -2.08. The summed E-state index contributed by atoms with van der Waals surface area (Å²) in [5.41, 5.74) is 1.04. The lowest BCUT2D eigenvalue weighted by Gasteiger charge is -2.13. The molecule has 0 spiro atoms. The Balaban J connectivity index is 2.16. The number of ether oxygens (including phenoxy) is 1. The molecule has 0 aliphatic carbocycles. The van der Waals surface area contributed by atoms with E-state index in [1.54, 1.807) is 25.4 Å². The molecule has 0 aliphatic heterocycles. The molecule has 0 atom stereocenters. The van der Waals surface area contributed by atoms with E-state index in [1.165, 1.54) is 22.8 Å². The third kappa shape index (κ3) is 4.19. The average molecular weight is 315 g/mol. The van der Waals surface area contributed by atoms with Crippen molar-refractivity contribution in [1.29, 1.82) is 0 Å². The summed E-state index contributed by atoms with van der Waals surface area (Å²) in [4.78, 5) is 11.3. The average Bonchev–Trinajstić information content (AvgIpc) is 2.42. The molecule has 7 heteroatoms. The van der Waals surface area contributed by atoms with E-state index in [-0.39, 0.29) is 17.9 Å². The normalized spacial score (nSPS) is 10.7. The van der Waals surface area contributed by atoms with Gasteiger partial charge in [0.2, 0.25) is 5.56 Å². The smallest absolute Gasteiger partial charge is 0.387 e. The first-order chi connectivity index (χ1) is 9.95. The summed E-state index contributed by atoms with van der Waals surface area (Å²) in [5.74, 6) is 0.0618. The van der Waals surface area contributed by atoms with Crippen LogP contribution in [0.3, 0.4) is 0 Å². The molecule has 1 aromatic carbocycles. The van der Waals surface area contributed by atoms with Crippen LogP contribution in [0.25, 0.3) is 0 Å². The zero-order chi connectivity index (χ0) is 15.4. The molecule has 2 rings (SSSR count). The first-order valence-electron chi connectivity index (χ1n) is 6.09. The van der Waals surface area contributed by atoms with E-state index in [2.05, 4.69) is 10.1 Å². The van der Waals surface area contributed by atoms with E-state index >= 15 is 0 Å². The monoisotopic (exact) mass is 314 g/mol. The summed E-state index contributed by atoms with van der Waals surface area (Å²) in [5, 5.41) is 3.45. The molecule has 0 fully saturated rings. The zero-order valence-electron chi connectivity index (χ0n) is 11.1. The Kier molecular flexibility index (Phi) is 4.80. The highest BCUT2D eigenvalue weighted by Crippen LogP contribution is 2.25. The van der Waals surface area contributed by atoms with E-state index in [1.807, 2.05) is 0 Å². The number of alkyl halides is 2. The van der Waals surface area contributed by atoms with Crippen molar-refractivity contribution in [3.8, 4) is 5.75 Å². The molecule has 1 aromatic heterocycles. The first kappa shape index (κ1) is 15.3. The molecule has 0 saturated carbocycles. The first-order valence-corrected chi connectivity index (χ1v) is 6.47. The van der Waals surface area contributed by atoms with Crippen molar-refractivity contribution in [2.45, 2.75) is 13.2 Å². The lowest BCUT2D eigenvalue weighted by Crippen LogP contribution is -2.15. The number of halogens is 3. The van der Waals surface area contributed by atoms with Crippen LogP contribution < -0.4 is 15.6 Å². The maximum atomic E-state index is 12.3. The summed E-state index contributed by atoms with van der Waals surface area (Å²) in [6.07, 6.45) is 1.61. The molecule has 0 radical (unpaired) electrons. The van der Waals surface area contributed by atoms with E-state index in [9.17, 15) is 13.6 Å². The van der Waals surface area contributed by atoms with Crippen molar-refractivity contribution in [2.75, 3.05) is 5.32 Å². The second-order valence-electron chi connectivity index (χ2n) is 4.35. The number of pyridine rings is 1. The number of nitrogens with zero attached hydrogens (tertiary/aromatic N) is 1. The van der Waals surface area contributed by atoms with Gasteiger partial charge in [-0.1, -0.05) is 11.6 Å². The van der Waals surface area contributed by atoms with E-state index in [0.717, 1.165) is 0 Å². The second kappa shape index (κ2) is 6.58. The molecule has 1 N–H and O–H groups in total. The van der Waals surface area contributed by atoms with Gasteiger partial charge in [0.25, 0.3) is 0 Å². The summed E-state index contributed by atoms with van der Waals surface area (Å²) < 4.78 is 30.6. The Labute approximate surface area is 124 Å². The maximum absolute atomic E-state index is 12.3. The molecule has 0 unspecified atom stereocenters. The predicted molar refractivity (Wildman–Crippen MR) is 77.1 cm³/mol. The molecule has 0 saturated heterocycles. The highest BCUT2D eigenvalue weighted by atomic mass is 35.5. The molecule has 0 amide bonds. The van der Waals surface area contributed by atoms with Crippen LogP contribution in [-0.2, 0) is 13.6 Å². The fraction of sp³-hybridized carbons (Fsp3) is 0.214. The van der Waals surface area contributed by atoms with Crippen LogP contribution in [0.2, 0.25) is 5.02 Å². The highest BCUT2D eigenvalue weighted by molar-refractivity contribution is 6.30. The standard InChI is InChI=1S/C14H13ClF2N2O2/c1-19-8-11(3-5-13(19)20)18-7-9-6-10(15)2-4-12(9)21-14(16)17/h2-6,8,14,18H,7H2,1H3. The molecule has 21 heavy (non-hydrogen) atoms. The van der Waals surface area contributed by atoms with Crippen LogP contribution in [0.1, 0.15) is 5.56 Å². The Morgan fingerprint density at radius 3 is 2.76 bits per heavy atom. The molecule has 112 valence electrons. The number of rotatable bonds is 5. The van der Waals surface area contributed by atoms with E-state index in [4.69, 9.17) is 11.6 Å². The number of aromatic nitrogens is 1. The number of hydrogen-bond acceptors (Lipinski definition) is 3. The largest absolute Gasteiger partial charge is 0.434 e. The van der Waals surface area contributed by atoms with Crippen LogP contribution in [-0.4, -0.2) is 11.2 Å². The lowest BCUT2D eigenvalue weighted by atomic mass is 10.2. The third-order valence-electron chi connectivity index (χ3n) is 2.81.